The predicted molar refractivity (Wildman–Crippen MR) is 64.7 cm³/mol. The summed E-state index contributed by atoms with van der Waals surface area (Å²) in [5.41, 5.74) is 0. The molecule has 4 heteroatoms. The van der Waals surface area contributed by atoms with Crippen LogP contribution in [0.1, 0.15) is 44.9 Å². The van der Waals surface area contributed by atoms with E-state index in [0.29, 0.717) is 5.92 Å². The Balaban J connectivity index is 1.71. The number of carbonyl (C=O) groups is 1. The van der Waals surface area contributed by atoms with Crippen LogP contribution in [-0.4, -0.2) is 41.9 Å². The second-order valence-corrected chi connectivity index (χ2v) is 5.26. The van der Waals surface area contributed by atoms with Crippen LogP contribution < -0.4 is 0 Å². The zero-order valence-electron chi connectivity index (χ0n) is 10.4. The largest absolute Gasteiger partial charge is 0.446 e. The predicted octanol–water partition coefficient (Wildman–Crippen LogP) is 2.16. The van der Waals surface area contributed by atoms with Gasteiger partial charge in [0.05, 0.1) is 0 Å². The molecule has 2 fully saturated rings. The Hall–Kier alpha value is -0.770. The molecule has 0 atom stereocenters. The lowest BCUT2D eigenvalue weighted by Gasteiger charge is -2.31. The second-order valence-electron chi connectivity index (χ2n) is 5.26. The van der Waals surface area contributed by atoms with Crippen molar-refractivity contribution in [1.29, 1.82) is 0 Å². The minimum absolute atomic E-state index is 0.0761. The van der Waals surface area contributed by atoms with Gasteiger partial charge in [0, 0.05) is 19.7 Å². The van der Waals surface area contributed by atoms with Crippen LogP contribution in [0.2, 0.25) is 0 Å². The summed E-state index contributed by atoms with van der Waals surface area (Å²) in [6, 6.07) is 0. The van der Waals surface area contributed by atoms with Gasteiger partial charge in [-0.05, 0) is 50.9 Å². The Kier molecular flexibility index (Phi) is 4.66. The first-order valence-electron chi connectivity index (χ1n) is 6.86. The van der Waals surface area contributed by atoms with Crippen molar-refractivity contribution >= 4 is 6.09 Å². The Morgan fingerprint density at radius 2 is 1.76 bits per heavy atom. The zero-order valence-corrected chi connectivity index (χ0v) is 10.4. The van der Waals surface area contributed by atoms with Gasteiger partial charge in [-0.1, -0.05) is 0 Å². The molecule has 0 aromatic rings. The molecule has 1 aliphatic carbocycles. The number of carbonyl (C=O) groups excluding carboxylic acids is 1. The van der Waals surface area contributed by atoms with E-state index in [2.05, 4.69) is 0 Å². The Morgan fingerprint density at radius 3 is 2.35 bits per heavy atom. The summed E-state index contributed by atoms with van der Waals surface area (Å²) in [6.07, 6.45) is 7.16. The van der Waals surface area contributed by atoms with Crippen LogP contribution in [-0.2, 0) is 4.74 Å². The maximum atomic E-state index is 11.9. The maximum absolute atomic E-state index is 11.9. The molecule has 2 aliphatic rings. The molecular formula is C13H23NO3. The lowest BCUT2D eigenvalue weighted by molar-refractivity contribution is 0.0286. The number of likely N-dealkylation sites (tertiary alicyclic amines) is 1. The van der Waals surface area contributed by atoms with Gasteiger partial charge >= 0.3 is 6.09 Å². The number of piperidine rings is 1. The van der Waals surface area contributed by atoms with Crippen molar-refractivity contribution in [3.05, 3.63) is 0 Å². The highest BCUT2D eigenvalue weighted by atomic mass is 16.6. The van der Waals surface area contributed by atoms with Crippen LogP contribution in [0, 0.1) is 5.92 Å². The fourth-order valence-corrected chi connectivity index (χ4v) is 2.73. The van der Waals surface area contributed by atoms with Gasteiger partial charge in [-0.2, -0.15) is 0 Å². The van der Waals surface area contributed by atoms with Gasteiger partial charge in [-0.3, -0.25) is 0 Å². The lowest BCUT2D eigenvalue weighted by Crippen LogP contribution is -2.38. The molecule has 0 spiro atoms. The molecule has 0 unspecified atom stereocenters. The van der Waals surface area contributed by atoms with E-state index in [1.807, 2.05) is 4.90 Å². The second kappa shape index (κ2) is 6.24. The fraction of sp³-hybridized carbons (Fsp3) is 0.923. The standard InChI is InChI=1S/C13H23NO3/c15-10-11-4-6-12(7-5-11)17-13(16)14-8-2-1-3-9-14/h11-12,15H,1-10H2. The number of hydrogen-bond acceptors (Lipinski definition) is 3. The van der Waals surface area contributed by atoms with Crippen molar-refractivity contribution in [2.45, 2.75) is 51.0 Å². The highest BCUT2D eigenvalue weighted by molar-refractivity contribution is 5.67. The maximum Gasteiger partial charge on any atom is 0.410 e. The van der Waals surface area contributed by atoms with E-state index in [4.69, 9.17) is 9.84 Å². The quantitative estimate of drug-likeness (QED) is 0.806. The Morgan fingerprint density at radius 1 is 1.12 bits per heavy atom. The molecule has 2 rings (SSSR count). The third-order valence-corrected chi connectivity index (χ3v) is 3.93. The number of nitrogens with zero attached hydrogens (tertiary/aromatic N) is 1. The normalized spacial score (nSPS) is 30.1. The van der Waals surface area contributed by atoms with Crippen molar-refractivity contribution in [1.82, 2.24) is 4.90 Å². The number of ether oxygens (including phenoxy) is 1. The van der Waals surface area contributed by atoms with Gasteiger partial charge in [0.1, 0.15) is 6.10 Å². The molecule has 1 saturated heterocycles. The molecule has 0 aromatic heterocycles. The molecule has 0 bridgehead atoms. The molecule has 0 radical (unpaired) electrons. The third-order valence-electron chi connectivity index (χ3n) is 3.93. The van der Waals surface area contributed by atoms with Crippen molar-refractivity contribution < 1.29 is 14.6 Å². The fourth-order valence-electron chi connectivity index (χ4n) is 2.73. The Labute approximate surface area is 103 Å². The van der Waals surface area contributed by atoms with Crippen LogP contribution in [0.3, 0.4) is 0 Å². The molecule has 4 nitrogen and oxygen atoms in total. The van der Waals surface area contributed by atoms with Crippen LogP contribution in [0.4, 0.5) is 4.79 Å². The summed E-state index contributed by atoms with van der Waals surface area (Å²) in [6.45, 7) is 1.97. The van der Waals surface area contributed by atoms with E-state index in [9.17, 15) is 4.79 Å². The number of aliphatic hydroxyl groups excluding tert-OH is 1. The minimum atomic E-state index is -0.128. The molecule has 1 heterocycles. The SMILES string of the molecule is O=C(OC1CCC(CO)CC1)N1CCCCC1. The average Bonchev–Trinajstić information content (AvgIpc) is 2.40. The number of hydrogen-bond donors (Lipinski definition) is 1. The summed E-state index contributed by atoms with van der Waals surface area (Å²) in [5, 5.41) is 9.05. The van der Waals surface area contributed by atoms with Gasteiger partial charge in [0.25, 0.3) is 0 Å². The molecular weight excluding hydrogens is 218 g/mol. The van der Waals surface area contributed by atoms with Gasteiger partial charge < -0.3 is 14.7 Å². The molecule has 1 aliphatic heterocycles. The summed E-state index contributed by atoms with van der Waals surface area (Å²) >= 11 is 0. The monoisotopic (exact) mass is 241 g/mol. The van der Waals surface area contributed by atoms with Gasteiger partial charge in [0.15, 0.2) is 0 Å². The summed E-state index contributed by atoms with van der Waals surface area (Å²) < 4.78 is 5.53. The van der Waals surface area contributed by atoms with E-state index in [1.165, 1.54) is 6.42 Å². The van der Waals surface area contributed by atoms with Gasteiger partial charge in [-0.15, -0.1) is 0 Å². The van der Waals surface area contributed by atoms with E-state index in [-0.39, 0.29) is 18.8 Å². The Bertz CT molecular complexity index is 243. The highest BCUT2D eigenvalue weighted by Crippen LogP contribution is 2.26. The van der Waals surface area contributed by atoms with E-state index < -0.39 is 0 Å². The van der Waals surface area contributed by atoms with E-state index in [1.54, 1.807) is 0 Å². The first kappa shape index (κ1) is 12.7. The molecule has 0 aromatic carbocycles. The van der Waals surface area contributed by atoms with Crippen LogP contribution in [0.25, 0.3) is 0 Å². The minimum Gasteiger partial charge on any atom is -0.446 e. The van der Waals surface area contributed by atoms with E-state index in [0.717, 1.165) is 51.6 Å². The highest BCUT2D eigenvalue weighted by Gasteiger charge is 2.26. The lowest BCUT2D eigenvalue weighted by atomic mass is 9.88. The molecule has 17 heavy (non-hydrogen) atoms. The third kappa shape index (κ3) is 3.60. The first-order valence-corrected chi connectivity index (χ1v) is 6.86. The van der Waals surface area contributed by atoms with Crippen LogP contribution in [0.5, 0.6) is 0 Å². The number of aliphatic hydroxyl groups is 1. The summed E-state index contributed by atoms with van der Waals surface area (Å²) in [4.78, 5) is 13.7. The van der Waals surface area contributed by atoms with Crippen molar-refractivity contribution in [3.63, 3.8) is 0 Å². The summed E-state index contributed by atoms with van der Waals surface area (Å²) in [7, 11) is 0. The molecule has 1 N–H and O–H groups in total. The first-order chi connectivity index (χ1) is 8.29. The van der Waals surface area contributed by atoms with Crippen molar-refractivity contribution in [2.24, 2.45) is 5.92 Å². The number of amides is 1. The smallest absolute Gasteiger partial charge is 0.410 e. The van der Waals surface area contributed by atoms with E-state index >= 15 is 0 Å². The molecule has 1 saturated carbocycles. The van der Waals surface area contributed by atoms with Gasteiger partial charge in [0.2, 0.25) is 0 Å². The van der Waals surface area contributed by atoms with Gasteiger partial charge in [-0.25, -0.2) is 4.79 Å². The molecule has 1 amide bonds. The van der Waals surface area contributed by atoms with Crippen LogP contribution in [0.15, 0.2) is 0 Å². The van der Waals surface area contributed by atoms with Crippen molar-refractivity contribution in [3.8, 4) is 0 Å². The zero-order chi connectivity index (χ0) is 12.1. The topological polar surface area (TPSA) is 49.8 Å². The number of rotatable bonds is 2. The average molecular weight is 241 g/mol. The molecule has 98 valence electrons. The van der Waals surface area contributed by atoms with Crippen LogP contribution >= 0.6 is 0 Å². The van der Waals surface area contributed by atoms with Crippen molar-refractivity contribution in [2.75, 3.05) is 19.7 Å². The summed E-state index contributed by atoms with van der Waals surface area (Å²) in [5.74, 6) is 0.417.